The van der Waals surface area contributed by atoms with E-state index >= 15 is 0 Å². The minimum absolute atomic E-state index is 0.533. The zero-order chi connectivity index (χ0) is 13.8. The Morgan fingerprint density at radius 1 is 1.26 bits per heavy atom. The normalized spacial score (nSPS) is 11.2. The first kappa shape index (κ1) is 13.7. The van der Waals surface area contributed by atoms with Crippen molar-refractivity contribution in [3.8, 4) is 0 Å². The second-order valence-electron chi connectivity index (χ2n) is 4.92. The number of pyridine rings is 1. The number of aromatic nitrogens is 3. The highest BCUT2D eigenvalue weighted by atomic mass is 15.3. The molecule has 5 heteroatoms. The van der Waals surface area contributed by atoms with Gasteiger partial charge in [0.2, 0.25) is 0 Å². The van der Waals surface area contributed by atoms with Crippen molar-refractivity contribution in [3.63, 3.8) is 0 Å². The van der Waals surface area contributed by atoms with Crippen LogP contribution in [0.3, 0.4) is 0 Å². The van der Waals surface area contributed by atoms with Crippen molar-refractivity contribution in [2.24, 2.45) is 12.8 Å². The minimum Gasteiger partial charge on any atom is -0.326 e. The number of hydrogen-bond donors (Lipinski definition) is 1. The predicted octanol–water partition coefficient (Wildman–Crippen LogP) is 1.21. The van der Waals surface area contributed by atoms with E-state index in [1.807, 2.05) is 30.3 Å². The number of hydrogen-bond acceptors (Lipinski definition) is 4. The highest BCUT2D eigenvalue weighted by molar-refractivity contribution is 5.22. The van der Waals surface area contributed by atoms with Crippen LogP contribution in [-0.2, 0) is 26.7 Å². The summed E-state index contributed by atoms with van der Waals surface area (Å²) in [6.45, 7) is 4.35. The van der Waals surface area contributed by atoms with Crippen molar-refractivity contribution in [1.29, 1.82) is 0 Å². The van der Waals surface area contributed by atoms with Gasteiger partial charge in [-0.15, -0.1) is 0 Å². The van der Waals surface area contributed by atoms with Gasteiger partial charge in [0.05, 0.1) is 11.9 Å². The topological polar surface area (TPSA) is 60.0 Å². The Kier molecular flexibility index (Phi) is 4.29. The van der Waals surface area contributed by atoms with Crippen LogP contribution >= 0.6 is 0 Å². The van der Waals surface area contributed by atoms with E-state index in [9.17, 15) is 0 Å². The van der Waals surface area contributed by atoms with Crippen molar-refractivity contribution < 1.29 is 0 Å². The first-order chi connectivity index (χ1) is 9.11. The summed E-state index contributed by atoms with van der Waals surface area (Å²) in [4.78, 5) is 6.38. The molecule has 0 unspecified atom stereocenters. The summed E-state index contributed by atoms with van der Waals surface area (Å²) in [5, 5.41) is 4.27. The lowest BCUT2D eigenvalue weighted by Gasteiger charge is -2.18. The second-order valence-corrected chi connectivity index (χ2v) is 4.92. The molecule has 0 aliphatic heterocycles. The zero-order valence-electron chi connectivity index (χ0n) is 11.8. The molecule has 0 amide bonds. The average Bonchev–Trinajstić information content (AvgIpc) is 2.73. The van der Waals surface area contributed by atoms with Gasteiger partial charge in [-0.3, -0.25) is 14.6 Å². The van der Waals surface area contributed by atoms with Crippen LogP contribution in [0, 0.1) is 6.92 Å². The smallest absolute Gasteiger partial charge is 0.0565 e. The third kappa shape index (κ3) is 3.19. The molecule has 0 aliphatic carbocycles. The summed E-state index contributed by atoms with van der Waals surface area (Å²) < 4.78 is 1.90. The number of rotatable bonds is 5. The van der Waals surface area contributed by atoms with Crippen molar-refractivity contribution in [1.82, 2.24) is 19.7 Å². The summed E-state index contributed by atoms with van der Waals surface area (Å²) in [5.41, 5.74) is 10.5. The van der Waals surface area contributed by atoms with Crippen LogP contribution in [-0.4, -0.2) is 26.7 Å². The molecule has 2 heterocycles. The Labute approximate surface area is 114 Å². The van der Waals surface area contributed by atoms with Crippen molar-refractivity contribution in [2.45, 2.75) is 26.6 Å². The molecular formula is C14H21N5. The minimum atomic E-state index is 0.533. The van der Waals surface area contributed by atoms with Gasteiger partial charge in [0, 0.05) is 44.6 Å². The fourth-order valence-electron chi connectivity index (χ4n) is 2.16. The Morgan fingerprint density at radius 3 is 2.74 bits per heavy atom. The van der Waals surface area contributed by atoms with Gasteiger partial charge in [-0.05, 0) is 31.2 Å². The fourth-order valence-corrected chi connectivity index (χ4v) is 2.16. The molecule has 0 fully saturated rings. The molecule has 0 saturated heterocycles. The Bertz CT molecular complexity index is 547. The van der Waals surface area contributed by atoms with E-state index < -0.39 is 0 Å². The van der Waals surface area contributed by atoms with Crippen LogP contribution in [0.4, 0.5) is 0 Å². The van der Waals surface area contributed by atoms with E-state index in [1.165, 1.54) is 16.8 Å². The van der Waals surface area contributed by atoms with Crippen molar-refractivity contribution in [3.05, 3.63) is 47.0 Å². The Hall–Kier alpha value is -1.72. The molecule has 0 radical (unpaired) electrons. The molecule has 2 N–H and O–H groups in total. The Balaban J connectivity index is 2.07. The lowest BCUT2D eigenvalue weighted by Crippen LogP contribution is -2.21. The first-order valence-electron chi connectivity index (χ1n) is 6.39. The lowest BCUT2D eigenvalue weighted by atomic mass is 10.1. The molecule has 0 spiro atoms. The van der Waals surface area contributed by atoms with Crippen LogP contribution in [0.25, 0.3) is 0 Å². The van der Waals surface area contributed by atoms with Gasteiger partial charge in [0.15, 0.2) is 0 Å². The van der Waals surface area contributed by atoms with E-state index in [0.29, 0.717) is 6.54 Å². The van der Waals surface area contributed by atoms with Gasteiger partial charge in [-0.2, -0.15) is 5.10 Å². The van der Waals surface area contributed by atoms with Crippen LogP contribution in [0.5, 0.6) is 0 Å². The van der Waals surface area contributed by atoms with Gasteiger partial charge in [-0.25, -0.2) is 0 Å². The summed E-state index contributed by atoms with van der Waals surface area (Å²) in [6.07, 6.45) is 5.59. The molecule has 19 heavy (non-hydrogen) atoms. The summed E-state index contributed by atoms with van der Waals surface area (Å²) in [5.74, 6) is 0. The molecule has 0 atom stereocenters. The molecule has 2 aromatic heterocycles. The molecular weight excluding hydrogens is 238 g/mol. The molecule has 5 nitrogen and oxygen atoms in total. The lowest BCUT2D eigenvalue weighted by molar-refractivity contribution is 0.307. The fraction of sp³-hybridized carbons (Fsp3) is 0.429. The molecule has 0 bridgehead atoms. The number of nitrogens with two attached hydrogens (primary N) is 1. The summed E-state index contributed by atoms with van der Waals surface area (Å²) >= 11 is 0. The third-order valence-electron chi connectivity index (χ3n) is 3.36. The number of aryl methyl sites for hydroxylation is 2. The molecule has 2 rings (SSSR count). The first-order valence-corrected chi connectivity index (χ1v) is 6.39. The third-order valence-corrected chi connectivity index (χ3v) is 3.36. The van der Waals surface area contributed by atoms with E-state index in [2.05, 4.69) is 35.0 Å². The largest absolute Gasteiger partial charge is 0.326 e. The zero-order valence-corrected chi connectivity index (χ0v) is 11.8. The monoisotopic (exact) mass is 259 g/mol. The maximum absolute atomic E-state index is 5.74. The standard InChI is InChI=1S/C14H21N5/c1-11-7-16-5-4-12(11)9-18(2)10-14-13(6-15)8-17-19(14)3/h4-5,7-8H,6,9-10,15H2,1-3H3. The summed E-state index contributed by atoms with van der Waals surface area (Å²) in [7, 11) is 4.06. The van der Waals surface area contributed by atoms with E-state index in [1.54, 1.807) is 0 Å². The van der Waals surface area contributed by atoms with Gasteiger partial charge < -0.3 is 5.73 Å². The number of nitrogens with zero attached hydrogens (tertiary/aromatic N) is 4. The SMILES string of the molecule is Cc1cnccc1CN(C)Cc1c(CN)cnn1C. The van der Waals surface area contributed by atoms with E-state index in [0.717, 1.165) is 18.7 Å². The van der Waals surface area contributed by atoms with Crippen LogP contribution in [0.2, 0.25) is 0 Å². The predicted molar refractivity (Wildman–Crippen MR) is 75.2 cm³/mol. The van der Waals surface area contributed by atoms with Gasteiger partial charge in [0.25, 0.3) is 0 Å². The van der Waals surface area contributed by atoms with Crippen LogP contribution < -0.4 is 5.73 Å². The van der Waals surface area contributed by atoms with Crippen molar-refractivity contribution >= 4 is 0 Å². The van der Waals surface area contributed by atoms with E-state index in [-0.39, 0.29) is 0 Å². The quantitative estimate of drug-likeness (QED) is 0.877. The maximum Gasteiger partial charge on any atom is 0.0565 e. The van der Waals surface area contributed by atoms with Crippen LogP contribution in [0.15, 0.2) is 24.7 Å². The summed E-state index contributed by atoms with van der Waals surface area (Å²) in [6, 6.07) is 2.07. The van der Waals surface area contributed by atoms with Gasteiger partial charge in [0.1, 0.15) is 0 Å². The highest BCUT2D eigenvalue weighted by Gasteiger charge is 2.10. The van der Waals surface area contributed by atoms with Crippen molar-refractivity contribution in [2.75, 3.05) is 7.05 Å². The molecule has 0 aromatic carbocycles. The molecule has 0 aliphatic rings. The Morgan fingerprint density at radius 2 is 2.05 bits per heavy atom. The molecule has 0 saturated carbocycles. The van der Waals surface area contributed by atoms with E-state index in [4.69, 9.17) is 5.73 Å². The molecule has 102 valence electrons. The maximum atomic E-state index is 5.74. The molecule has 2 aromatic rings. The highest BCUT2D eigenvalue weighted by Crippen LogP contribution is 2.13. The van der Waals surface area contributed by atoms with Gasteiger partial charge in [-0.1, -0.05) is 0 Å². The average molecular weight is 259 g/mol. The van der Waals surface area contributed by atoms with Crippen LogP contribution in [0.1, 0.15) is 22.4 Å². The van der Waals surface area contributed by atoms with Gasteiger partial charge >= 0.3 is 0 Å². The second kappa shape index (κ2) is 5.95.